The van der Waals surface area contributed by atoms with Crippen LogP contribution in [0.3, 0.4) is 0 Å². The summed E-state index contributed by atoms with van der Waals surface area (Å²) in [6.07, 6.45) is 0.808. The summed E-state index contributed by atoms with van der Waals surface area (Å²) in [7, 11) is 1.74. The third-order valence-corrected chi connectivity index (χ3v) is 3.52. The molecule has 2 aromatic rings. The largest absolute Gasteiger partial charge is 0.457 e. The molecule has 1 N–H and O–H groups in total. The van der Waals surface area contributed by atoms with Crippen LogP contribution in [-0.2, 0) is 0 Å². The van der Waals surface area contributed by atoms with E-state index >= 15 is 0 Å². The first-order valence-corrected chi connectivity index (χ1v) is 7.41. The number of benzene rings is 2. The molecule has 3 nitrogen and oxygen atoms in total. The molecule has 23 heavy (non-hydrogen) atoms. The quantitative estimate of drug-likeness (QED) is 0.619. The Kier molecular flexibility index (Phi) is 5.32. The highest BCUT2D eigenvalue weighted by atomic mass is 19.2. The molecule has 0 amide bonds. The van der Waals surface area contributed by atoms with Crippen LogP contribution in [0.15, 0.2) is 35.3 Å². The van der Waals surface area contributed by atoms with E-state index in [1.54, 1.807) is 7.05 Å². The fourth-order valence-corrected chi connectivity index (χ4v) is 2.16. The SMILES string of the molecule is CCC(=NC)Nc1cc(C)c(Oc2ccc(F)c(F)c2)cc1C. The Labute approximate surface area is 135 Å². The van der Waals surface area contributed by atoms with Crippen molar-refractivity contribution in [2.24, 2.45) is 4.99 Å². The van der Waals surface area contributed by atoms with Crippen molar-refractivity contribution in [3.8, 4) is 11.5 Å². The lowest BCUT2D eigenvalue weighted by atomic mass is 10.1. The van der Waals surface area contributed by atoms with Gasteiger partial charge in [0.05, 0.1) is 0 Å². The molecule has 0 spiro atoms. The summed E-state index contributed by atoms with van der Waals surface area (Å²) in [4.78, 5) is 4.18. The number of rotatable bonds is 4. The summed E-state index contributed by atoms with van der Waals surface area (Å²) in [6, 6.07) is 7.30. The average molecular weight is 318 g/mol. The van der Waals surface area contributed by atoms with Crippen LogP contribution in [0.2, 0.25) is 0 Å². The zero-order valence-corrected chi connectivity index (χ0v) is 13.7. The van der Waals surface area contributed by atoms with Gasteiger partial charge in [0.1, 0.15) is 17.3 Å². The van der Waals surface area contributed by atoms with E-state index in [-0.39, 0.29) is 5.75 Å². The fraction of sp³-hybridized carbons (Fsp3) is 0.278. The van der Waals surface area contributed by atoms with Gasteiger partial charge in [-0.25, -0.2) is 8.78 Å². The molecule has 0 aliphatic heterocycles. The Balaban J connectivity index is 2.27. The molecule has 2 aromatic carbocycles. The van der Waals surface area contributed by atoms with Crippen molar-refractivity contribution in [2.75, 3.05) is 12.4 Å². The van der Waals surface area contributed by atoms with Gasteiger partial charge in [-0.05, 0) is 49.2 Å². The first-order chi connectivity index (χ1) is 10.9. The number of nitrogens with zero attached hydrogens (tertiary/aromatic N) is 1. The van der Waals surface area contributed by atoms with Crippen molar-refractivity contribution in [1.29, 1.82) is 0 Å². The summed E-state index contributed by atoms with van der Waals surface area (Å²) in [5.74, 6) is -0.0681. The van der Waals surface area contributed by atoms with Crippen LogP contribution >= 0.6 is 0 Å². The highest BCUT2D eigenvalue weighted by Gasteiger charge is 2.09. The first-order valence-electron chi connectivity index (χ1n) is 7.41. The minimum absolute atomic E-state index is 0.261. The summed E-state index contributed by atoms with van der Waals surface area (Å²) in [5.41, 5.74) is 2.81. The molecule has 0 heterocycles. The van der Waals surface area contributed by atoms with Crippen LogP contribution < -0.4 is 10.1 Å². The number of halogens is 2. The van der Waals surface area contributed by atoms with Gasteiger partial charge in [-0.3, -0.25) is 4.99 Å². The van der Waals surface area contributed by atoms with E-state index < -0.39 is 11.6 Å². The smallest absolute Gasteiger partial charge is 0.162 e. The third kappa shape index (κ3) is 4.06. The highest BCUT2D eigenvalue weighted by Crippen LogP contribution is 2.30. The van der Waals surface area contributed by atoms with Crippen molar-refractivity contribution in [3.63, 3.8) is 0 Å². The van der Waals surface area contributed by atoms with Gasteiger partial charge < -0.3 is 10.1 Å². The van der Waals surface area contributed by atoms with E-state index in [2.05, 4.69) is 10.3 Å². The number of anilines is 1. The molecule has 0 atom stereocenters. The number of aryl methyl sites for hydroxylation is 2. The summed E-state index contributed by atoms with van der Waals surface area (Å²) in [5, 5.41) is 3.28. The standard InChI is InChI=1S/C18H20F2N2O/c1-5-18(21-4)22-16-8-12(3)17(9-11(16)2)23-13-6-7-14(19)15(20)10-13/h6-10H,5H2,1-4H3,(H,21,22). The van der Waals surface area contributed by atoms with E-state index in [1.165, 1.54) is 6.07 Å². The summed E-state index contributed by atoms with van der Waals surface area (Å²) in [6.45, 7) is 5.87. The van der Waals surface area contributed by atoms with Gasteiger partial charge in [-0.1, -0.05) is 6.92 Å². The lowest BCUT2D eigenvalue weighted by molar-refractivity contribution is 0.459. The van der Waals surface area contributed by atoms with E-state index in [0.29, 0.717) is 5.75 Å². The minimum atomic E-state index is -0.929. The van der Waals surface area contributed by atoms with Crippen molar-refractivity contribution >= 4 is 11.5 Å². The molecule has 0 fully saturated rings. The molecule has 0 aliphatic carbocycles. The predicted molar refractivity (Wildman–Crippen MR) is 89.6 cm³/mol. The van der Waals surface area contributed by atoms with Gasteiger partial charge in [0, 0.05) is 25.2 Å². The number of ether oxygens (including phenoxy) is 1. The van der Waals surface area contributed by atoms with Gasteiger partial charge in [0.25, 0.3) is 0 Å². The van der Waals surface area contributed by atoms with Crippen LogP contribution in [0.25, 0.3) is 0 Å². The van der Waals surface area contributed by atoms with E-state index in [0.717, 1.165) is 41.2 Å². The number of hydrogen-bond acceptors (Lipinski definition) is 2. The zero-order valence-electron chi connectivity index (χ0n) is 13.7. The second-order valence-corrected chi connectivity index (χ2v) is 5.26. The highest BCUT2D eigenvalue weighted by molar-refractivity contribution is 5.96. The Morgan fingerprint density at radius 1 is 1.09 bits per heavy atom. The van der Waals surface area contributed by atoms with Gasteiger partial charge in [0.15, 0.2) is 11.6 Å². The Bertz CT molecular complexity index is 742. The molecule has 0 aliphatic rings. The first kappa shape index (κ1) is 16.9. The van der Waals surface area contributed by atoms with Crippen LogP contribution in [0.5, 0.6) is 11.5 Å². The Morgan fingerprint density at radius 3 is 2.43 bits per heavy atom. The monoisotopic (exact) mass is 318 g/mol. The van der Waals surface area contributed by atoms with Crippen LogP contribution in [0.4, 0.5) is 14.5 Å². The lowest BCUT2D eigenvalue weighted by Crippen LogP contribution is -2.11. The van der Waals surface area contributed by atoms with Crippen molar-refractivity contribution in [2.45, 2.75) is 27.2 Å². The molecule has 0 saturated heterocycles. The molecule has 5 heteroatoms. The maximum atomic E-state index is 13.3. The lowest BCUT2D eigenvalue weighted by Gasteiger charge is -2.15. The van der Waals surface area contributed by atoms with Crippen molar-refractivity contribution in [3.05, 3.63) is 53.1 Å². The maximum absolute atomic E-state index is 13.3. The van der Waals surface area contributed by atoms with Crippen molar-refractivity contribution < 1.29 is 13.5 Å². The van der Waals surface area contributed by atoms with E-state index in [1.807, 2.05) is 32.9 Å². The number of nitrogens with one attached hydrogen (secondary N) is 1. The number of hydrogen-bond donors (Lipinski definition) is 1. The molecular weight excluding hydrogens is 298 g/mol. The third-order valence-electron chi connectivity index (χ3n) is 3.52. The zero-order chi connectivity index (χ0) is 17.0. The van der Waals surface area contributed by atoms with Crippen LogP contribution in [0, 0.1) is 25.5 Å². The predicted octanol–water partition coefficient (Wildman–Crippen LogP) is 5.22. The topological polar surface area (TPSA) is 33.6 Å². The Morgan fingerprint density at radius 2 is 1.83 bits per heavy atom. The Hall–Kier alpha value is -2.43. The molecule has 0 bridgehead atoms. The second-order valence-electron chi connectivity index (χ2n) is 5.26. The van der Waals surface area contributed by atoms with Gasteiger partial charge in [-0.15, -0.1) is 0 Å². The number of aliphatic imine (C=N–C) groups is 1. The summed E-state index contributed by atoms with van der Waals surface area (Å²) >= 11 is 0. The fourth-order valence-electron chi connectivity index (χ4n) is 2.16. The molecule has 0 unspecified atom stereocenters. The molecular formula is C18H20F2N2O. The molecule has 0 aromatic heterocycles. The maximum Gasteiger partial charge on any atom is 0.162 e. The van der Waals surface area contributed by atoms with Gasteiger partial charge in [0.2, 0.25) is 0 Å². The molecule has 0 radical (unpaired) electrons. The summed E-state index contributed by atoms with van der Waals surface area (Å²) < 4.78 is 31.9. The molecule has 2 rings (SSSR count). The van der Waals surface area contributed by atoms with E-state index in [9.17, 15) is 8.78 Å². The molecule has 122 valence electrons. The van der Waals surface area contributed by atoms with Crippen LogP contribution in [-0.4, -0.2) is 12.9 Å². The normalized spacial score (nSPS) is 11.5. The average Bonchev–Trinajstić information content (AvgIpc) is 2.52. The minimum Gasteiger partial charge on any atom is -0.457 e. The second kappa shape index (κ2) is 7.22. The van der Waals surface area contributed by atoms with E-state index in [4.69, 9.17) is 4.74 Å². The molecule has 0 saturated carbocycles. The van der Waals surface area contributed by atoms with Crippen LogP contribution in [0.1, 0.15) is 24.5 Å². The van der Waals surface area contributed by atoms with Gasteiger partial charge in [-0.2, -0.15) is 0 Å². The van der Waals surface area contributed by atoms with Gasteiger partial charge >= 0.3 is 0 Å². The van der Waals surface area contributed by atoms with Crippen molar-refractivity contribution in [1.82, 2.24) is 0 Å². The number of amidine groups is 1.